The summed E-state index contributed by atoms with van der Waals surface area (Å²) in [6, 6.07) is 14.3. The van der Waals surface area contributed by atoms with Crippen LogP contribution in [0.25, 0.3) is 11.1 Å². The zero-order valence-electron chi connectivity index (χ0n) is 13.0. The van der Waals surface area contributed by atoms with E-state index in [2.05, 4.69) is 0 Å². The van der Waals surface area contributed by atoms with Crippen molar-refractivity contribution in [1.82, 2.24) is 4.57 Å². The van der Waals surface area contributed by atoms with Gasteiger partial charge < -0.3 is 9.15 Å². The van der Waals surface area contributed by atoms with Crippen LogP contribution in [0.5, 0.6) is 0 Å². The van der Waals surface area contributed by atoms with Gasteiger partial charge in [0.1, 0.15) is 0 Å². The van der Waals surface area contributed by atoms with E-state index in [1.165, 1.54) is 0 Å². The maximum atomic E-state index is 12.0. The number of hydrogen-bond acceptors (Lipinski definition) is 4. The highest BCUT2D eigenvalue weighted by molar-refractivity contribution is 5.89. The van der Waals surface area contributed by atoms with Crippen LogP contribution in [0.2, 0.25) is 0 Å². The van der Waals surface area contributed by atoms with Crippen LogP contribution in [0.1, 0.15) is 29.8 Å². The van der Waals surface area contributed by atoms with Crippen molar-refractivity contribution in [3.63, 3.8) is 0 Å². The molecule has 0 N–H and O–H groups in total. The number of carbonyl (C=O) groups excluding carboxylic acids is 1. The maximum Gasteiger partial charge on any atom is 0.420 e. The van der Waals surface area contributed by atoms with E-state index in [9.17, 15) is 9.59 Å². The lowest BCUT2D eigenvalue weighted by molar-refractivity contribution is 0.0378. The van der Waals surface area contributed by atoms with Crippen molar-refractivity contribution in [3.05, 3.63) is 70.2 Å². The average Bonchev–Trinajstić information content (AvgIpc) is 2.83. The number of fused-ring (bicyclic) bond motifs is 1. The summed E-state index contributed by atoms with van der Waals surface area (Å²) in [6.07, 6.45) is -0.174. The van der Waals surface area contributed by atoms with Crippen LogP contribution in [0.3, 0.4) is 0 Å². The van der Waals surface area contributed by atoms with Gasteiger partial charge in [-0.25, -0.2) is 9.59 Å². The third-order valence-corrected chi connectivity index (χ3v) is 3.42. The molecule has 0 fully saturated rings. The summed E-state index contributed by atoms with van der Waals surface area (Å²) in [7, 11) is 0. The summed E-state index contributed by atoms with van der Waals surface area (Å²) in [5.74, 6) is -0.785. The first-order chi connectivity index (χ1) is 11.0. The Kier molecular flexibility index (Phi) is 4.02. The standard InChI is InChI=1S/C18H17NO4/c1-12(2)22-17(20)14-7-5-6-13(10-14)11-19-15-8-3-4-9-16(15)23-18(19)21/h3-10,12H,11H2,1-2H3. The van der Waals surface area contributed by atoms with Crippen molar-refractivity contribution in [1.29, 1.82) is 0 Å². The van der Waals surface area contributed by atoms with Crippen molar-refractivity contribution >= 4 is 17.1 Å². The van der Waals surface area contributed by atoms with Crippen LogP contribution in [-0.2, 0) is 11.3 Å². The molecule has 0 radical (unpaired) electrons. The molecule has 0 aliphatic carbocycles. The Hall–Kier alpha value is -2.82. The first kappa shape index (κ1) is 15.1. The number of nitrogens with zero attached hydrogens (tertiary/aromatic N) is 1. The van der Waals surface area contributed by atoms with Crippen molar-refractivity contribution in [2.75, 3.05) is 0 Å². The maximum absolute atomic E-state index is 12.0. The molecule has 0 saturated carbocycles. The van der Waals surface area contributed by atoms with E-state index in [1.54, 1.807) is 42.7 Å². The van der Waals surface area contributed by atoms with Gasteiger partial charge in [-0.15, -0.1) is 0 Å². The average molecular weight is 311 g/mol. The molecule has 0 bridgehead atoms. The quantitative estimate of drug-likeness (QED) is 0.694. The molecule has 118 valence electrons. The lowest BCUT2D eigenvalue weighted by Crippen LogP contribution is -2.16. The minimum absolute atomic E-state index is 0.174. The molecule has 0 aliphatic rings. The molecule has 2 aromatic carbocycles. The highest BCUT2D eigenvalue weighted by Crippen LogP contribution is 2.15. The van der Waals surface area contributed by atoms with E-state index in [-0.39, 0.29) is 12.1 Å². The van der Waals surface area contributed by atoms with Gasteiger partial charge in [-0.05, 0) is 43.7 Å². The number of benzene rings is 2. The first-order valence-electron chi connectivity index (χ1n) is 7.43. The third-order valence-electron chi connectivity index (χ3n) is 3.42. The summed E-state index contributed by atoms with van der Waals surface area (Å²) in [4.78, 5) is 24.0. The summed E-state index contributed by atoms with van der Waals surface area (Å²) >= 11 is 0. The van der Waals surface area contributed by atoms with E-state index < -0.39 is 5.76 Å². The molecule has 0 aliphatic heterocycles. The van der Waals surface area contributed by atoms with Crippen LogP contribution >= 0.6 is 0 Å². The normalized spacial score (nSPS) is 11.1. The van der Waals surface area contributed by atoms with Gasteiger partial charge in [0.05, 0.1) is 23.7 Å². The van der Waals surface area contributed by atoms with Gasteiger partial charge in [0.2, 0.25) is 0 Å². The lowest BCUT2D eigenvalue weighted by atomic mass is 10.1. The molecule has 23 heavy (non-hydrogen) atoms. The Balaban J connectivity index is 1.92. The number of aromatic nitrogens is 1. The summed E-state index contributed by atoms with van der Waals surface area (Å²) in [5, 5.41) is 0. The van der Waals surface area contributed by atoms with Crippen LogP contribution < -0.4 is 5.76 Å². The molecule has 0 spiro atoms. The van der Waals surface area contributed by atoms with E-state index >= 15 is 0 Å². The zero-order valence-corrected chi connectivity index (χ0v) is 13.0. The molecule has 5 heteroatoms. The van der Waals surface area contributed by atoms with Crippen molar-refractivity contribution in [3.8, 4) is 0 Å². The molecule has 0 unspecified atom stereocenters. The van der Waals surface area contributed by atoms with Crippen molar-refractivity contribution in [2.24, 2.45) is 0 Å². The number of ether oxygens (including phenoxy) is 1. The second-order valence-corrected chi connectivity index (χ2v) is 5.58. The Morgan fingerprint density at radius 1 is 1.17 bits per heavy atom. The van der Waals surface area contributed by atoms with Gasteiger partial charge in [-0.3, -0.25) is 4.57 Å². The number of hydrogen-bond donors (Lipinski definition) is 0. The Morgan fingerprint density at radius 2 is 1.96 bits per heavy atom. The number of rotatable bonds is 4. The number of para-hydroxylation sites is 2. The van der Waals surface area contributed by atoms with Crippen LogP contribution in [0.15, 0.2) is 57.7 Å². The Morgan fingerprint density at radius 3 is 2.74 bits per heavy atom. The van der Waals surface area contributed by atoms with Gasteiger partial charge >= 0.3 is 11.7 Å². The first-order valence-corrected chi connectivity index (χ1v) is 7.43. The Bertz CT molecular complexity index is 905. The number of carbonyl (C=O) groups is 1. The molecule has 3 aromatic rings. The van der Waals surface area contributed by atoms with Gasteiger partial charge in [-0.2, -0.15) is 0 Å². The molecular formula is C18H17NO4. The second kappa shape index (κ2) is 6.12. The number of oxazole rings is 1. The largest absolute Gasteiger partial charge is 0.459 e. The fraction of sp³-hybridized carbons (Fsp3) is 0.222. The molecule has 1 heterocycles. The van der Waals surface area contributed by atoms with Crippen LogP contribution in [-0.4, -0.2) is 16.6 Å². The number of esters is 1. The third kappa shape index (κ3) is 3.18. The fourth-order valence-electron chi connectivity index (χ4n) is 2.43. The van der Waals surface area contributed by atoms with Gasteiger partial charge in [0.25, 0.3) is 0 Å². The molecule has 0 atom stereocenters. The minimum atomic E-state index is -0.415. The predicted molar refractivity (Wildman–Crippen MR) is 86.6 cm³/mol. The van der Waals surface area contributed by atoms with Gasteiger partial charge in [-0.1, -0.05) is 24.3 Å². The minimum Gasteiger partial charge on any atom is -0.459 e. The fourth-order valence-corrected chi connectivity index (χ4v) is 2.43. The SMILES string of the molecule is CC(C)OC(=O)c1cccc(Cn2c(=O)oc3ccccc32)c1. The topological polar surface area (TPSA) is 61.4 Å². The highest BCUT2D eigenvalue weighted by atomic mass is 16.5. The molecule has 3 rings (SSSR count). The second-order valence-electron chi connectivity index (χ2n) is 5.58. The van der Waals surface area contributed by atoms with E-state index in [0.29, 0.717) is 17.7 Å². The van der Waals surface area contributed by atoms with E-state index in [0.717, 1.165) is 11.1 Å². The smallest absolute Gasteiger partial charge is 0.420 e. The monoisotopic (exact) mass is 311 g/mol. The van der Waals surface area contributed by atoms with Crippen molar-refractivity contribution < 1.29 is 13.9 Å². The molecule has 5 nitrogen and oxygen atoms in total. The predicted octanol–water partition coefficient (Wildman–Crippen LogP) is 3.21. The van der Waals surface area contributed by atoms with Crippen LogP contribution in [0, 0.1) is 0 Å². The van der Waals surface area contributed by atoms with E-state index in [1.807, 2.05) is 24.3 Å². The molecule has 0 amide bonds. The summed E-state index contributed by atoms with van der Waals surface area (Å²) in [6.45, 7) is 3.94. The van der Waals surface area contributed by atoms with Crippen LogP contribution in [0.4, 0.5) is 0 Å². The lowest BCUT2D eigenvalue weighted by Gasteiger charge is -2.09. The summed E-state index contributed by atoms with van der Waals surface area (Å²) < 4.78 is 12.0. The zero-order chi connectivity index (χ0) is 16.4. The van der Waals surface area contributed by atoms with Gasteiger partial charge in [0.15, 0.2) is 5.58 Å². The van der Waals surface area contributed by atoms with Gasteiger partial charge in [0, 0.05) is 0 Å². The van der Waals surface area contributed by atoms with E-state index in [4.69, 9.17) is 9.15 Å². The highest BCUT2D eigenvalue weighted by Gasteiger charge is 2.12. The Labute approximate surface area is 133 Å². The molecule has 0 saturated heterocycles. The summed E-state index contributed by atoms with van der Waals surface area (Å²) in [5.41, 5.74) is 2.58. The van der Waals surface area contributed by atoms with Crippen molar-refractivity contribution in [2.45, 2.75) is 26.5 Å². The molecule has 1 aromatic heterocycles. The molecular weight excluding hydrogens is 294 g/mol.